The second-order valence-corrected chi connectivity index (χ2v) is 12.6. The molecule has 0 fully saturated rings. The first-order valence-electron chi connectivity index (χ1n) is 13.6. The van der Waals surface area contributed by atoms with Crippen LogP contribution < -0.4 is 15.2 Å². The van der Waals surface area contributed by atoms with Crippen LogP contribution in [0.3, 0.4) is 0 Å². The second-order valence-electron chi connectivity index (χ2n) is 11.0. The van der Waals surface area contributed by atoms with E-state index in [1.807, 2.05) is 47.6 Å². The van der Waals surface area contributed by atoms with E-state index in [4.69, 9.17) is 20.6 Å². The van der Waals surface area contributed by atoms with E-state index in [2.05, 4.69) is 9.71 Å². The fourth-order valence-electron chi connectivity index (χ4n) is 4.09. The van der Waals surface area contributed by atoms with Gasteiger partial charge in [-0.15, -0.1) is 0 Å². The summed E-state index contributed by atoms with van der Waals surface area (Å²) in [5.74, 6) is -0.740. The number of halogens is 1. The number of hydrogen-bond acceptors (Lipinski definition) is 8. The summed E-state index contributed by atoms with van der Waals surface area (Å²) in [5.41, 5.74) is 7.88. The van der Waals surface area contributed by atoms with Crippen molar-refractivity contribution in [3.8, 4) is 22.8 Å². The highest BCUT2D eigenvalue weighted by Gasteiger charge is 2.26. The molecule has 10 nitrogen and oxygen atoms in total. The Morgan fingerprint density at radius 3 is 2.38 bits per heavy atom. The first-order valence-corrected chi connectivity index (χ1v) is 15.1. The molecule has 0 saturated heterocycles. The molecule has 1 aromatic carbocycles. The number of benzene rings is 1. The molecule has 0 aliphatic rings. The Morgan fingerprint density at radius 2 is 1.74 bits per heavy atom. The summed E-state index contributed by atoms with van der Waals surface area (Å²) < 4.78 is 50.0. The van der Waals surface area contributed by atoms with Gasteiger partial charge < -0.3 is 10.5 Å². The first kappa shape index (κ1) is 30.6. The van der Waals surface area contributed by atoms with Gasteiger partial charge in [0.25, 0.3) is 15.9 Å². The summed E-state index contributed by atoms with van der Waals surface area (Å²) in [4.78, 5) is 22.1. The van der Waals surface area contributed by atoms with Crippen molar-refractivity contribution in [1.29, 1.82) is 0 Å². The van der Waals surface area contributed by atoms with Gasteiger partial charge in [-0.2, -0.15) is 13.5 Å². The van der Waals surface area contributed by atoms with Crippen LogP contribution in [0.5, 0.6) is 5.75 Å². The van der Waals surface area contributed by atoms with E-state index in [-0.39, 0.29) is 35.0 Å². The van der Waals surface area contributed by atoms with Gasteiger partial charge in [-0.3, -0.25) is 4.79 Å². The van der Waals surface area contributed by atoms with E-state index < -0.39 is 26.8 Å². The van der Waals surface area contributed by atoms with Gasteiger partial charge in [-0.1, -0.05) is 47.6 Å². The normalized spacial score (nSPS) is 11.9. The van der Waals surface area contributed by atoms with Gasteiger partial charge in [-0.25, -0.2) is 23.8 Å². The second kappa shape index (κ2) is 12.3. The largest absolute Gasteiger partial charge is 0.493 e. The molecular weight excluding hydrogens is 559 g/mol. The Morgan fingerprint density at radius 1 is 1.00 bits per heavy atom. The van der Waals surface area contributed by atoms with Crippen LogP contribution in [0.2, 0.25) is 0 Å². The van der Waals surface area contributed by atoms with E-state index in [1.54, 1.807) is 10.7 Å². The van der Waals surface area contributed by atoms with Gasteiger partial charge in [0.15, 0.2) is 10.8 Å². The molecular formula is C30H35FN6O4S. The number of nitrogen functional groups attached to an aromatic ring is 1. The number of nitrogens with zero attached hydrogens (tertiary/aromatic N) is 4. The summed E-state index contributed by atoms with van der Waals surface area (Å²) in [5, 5.41) is 4.32. The van der Waals surface area contributed by atoms with Crippen molar-refractivity contribution < 1.29 is 22.3 Å². The zero-order chi connectivity index (χ0) is 30.8. The standard InChI is InChI=1S/C30H35FN6O4S/c1-17(2)16-41-22-13-20(12-21(31)14-22)24-11-10-23(30(38)36-42(39,40)28-9-7-8-27(32)34-28)29(33-24)37-26(19(5)6)15-25(35-37)18(3)4/h7-15,17-19H,16H2,1-6H3,(H2,32,34)(H,36,38). The molecule has 0 aliphatic heterocycles. The molecule has 0 spiro atoms. The zero-order valence-electron chi connectivity index (χ0n) is 24.4. The Labute approximate surface area is 245 Å². The van der Waals surface area contributed by atoms with Crippen LogP contribution in [0.1, 0.15) is 75.1 Å². The molecule has 0 radical (unpaired) electrons. The van der Waals surface area contributed by atoms with E-state index >= 15 is 0 Å². The fraction of sp³-hybridized carbons (Fsp3) is 0.333. The van der Waals surface area contributed by atoms with Crippen molar-refractivity contribution in [3.05, 3.63) is 77.4 Å². The van der Waals surface area contributed by atoms with E-state index in [9.17, 15) is 17.6 Å². The summed E-state index contributed by atoms with van der Waals surface area (Å²) in [6.45, 7) is 12.3. The molecule has 12 heteroatoms. The van der Waals surface area contributed by atoms with Crippen molar-refractivity contribution in [2.45, 2.75) is 58.4 Å². The lowest BCUT2D eigenvalue weighted by Gasteiger charge is -2.16. The molecule has 3 aromatic heterocycles. The molecule has 0 bridgehead atoms. The number of anilines is 1. The van der Waals surface area contributed by atoms with Crippen LogP contribution in [0.15, 0.2) is 59.6 Å². The highest BCUT2D eigenvalue weighted by molar-refractivity contribution is 7.90. The van der Waals surface area contributed by atoms with Gasteiger partial charge >= 0.3 is 0 Å². The van der Waals surface area contributed by atoms with Crippen molar-refractivity contribution in [2.24, 2.45) is 5.92 Å². The van der Waals surface area contributed by atoms with Crippen molar-refractivity contribution in [3.63, 3.8) is 0 Å². The zero-order valence-corrected chi connectivity index (χ0v) is 25.2. The summed E-state index contributed by atoms with van der Waals surface area (Å²) in [7, 11) is -4.36. The topological polar surface area (TPSA) is 142 Å². The summed E-state index contributed by atoms with van der Waals surface area (Å²) in [6.07, 6.45) is 0. The lowest BCUT2D eigenvalue weighted by atomic mass is 10.1. The Hall–Kier alpha value is -4.32. The van der Waals surface area contributed by atoms with Gasteiger partial charge in [-0.05, 0) is 60.2 Å². The average Bonchev–Trinajstić information content (AvgIpc) is 3.37. The van der Waals surface area contributed by atoms with Gasteiger partial charge in [0.2, 0.25) is 0 Å². The summed E-state index contributed by atoms with van der Waals surface area (Å²) >= 11 is 0. The van der Waals surface area contributed by atoms with Crippen molar-refractivity contribution >= 4 is 21.7 Å². The van der Waals surface area contributed by atoms with E-state index in [0.717, 1.165) is 11.4 Å². The number of aromatic nitrogens is 4. The average molecular weight is 595 g/mol. The quantitative estimate of drug-likeness (QED) is 0.247. The number of amides is 1. The molecule has 3 heterocycles. The lowest BCUT2D eigenvalue weighted by molar-refractivity contribution is 0.0980. The molecule has 4 aromatic rings. The summed E-state index contributed by atoms with van der Waals surface area (Å²) in [6, 6.07) is 13.3. The maximum Gasteiger partial charge on any atom is 0.281 e. The van der Waals surface area contributed by atoms with Crippen LogP contribution in [-0.4, -0.2) is 40.7 Å². The van der Waals surface area contributed by atoms with Crippen LogP contribution in [-0.2, 0) is 10.0 Å². The third-order valence-electron chi connectivity index (χ3n) is 6.26. The smallest absolute Gasteiger partial charge is 0.281 e. The number of nitrogens with two attached hydrogens (primary N) is 1. The molecule has 3 N–H and O–H groups in total. The van der Waals surface area contributed by atoms with Crippen LogP contribution in [0.4, 0.5) is 10.2 Å². The molecule has 1 amide bonds. The number of carbonyl (C=O) groups is 1. The van der Waals surface area contributed by atoms with E-state index in [0.29, 0.717) is 23.6 Å². The third kappa shape index (κ3) is 6.93. The fourth-order valence-corrected chi connectivity index (χ4v) is 5.03. The predicted molar refractivity (Wildman–Crippen MR) is 159 cm³/mol. The first-order chi connectivity index (χ1) is 19.7. The molecule has 0 unspecified atom stereocenters. The molecule has 4 rings (SSSR count). The van der Waals surface area contributed by atoms with Crippen molar-refractivity contribution in [2.75, 3.05) is 12.3 Å². The number of pyridine rings is 2. The van der Waals surface area contributed by atoms with Crippen LogP contribution in [0, 0.1) is 11.7 Å². The molecule has 42 heavy (non-hydrogen) atoms. The monoisotopic (exact) mass is 594 g/mol. The Kier molecular flexibility index (Phi) is 8.95. The number of nitrogens with one attached hydrogen (secondary N) is 1. The SMILES string of the molecule is CC(C)COc1cc(F)cc(-c2ccc(C(=O)NS(=O)(=O)c3cccc(N)n3)c(-n3nc(C(C)C)cc3C(C)C)n2)c1. The molecule has 0 aliphatic carbocycles. The number of ether oxygens (including phenoxy) is 1. The minimum Gasteiger partial charge on any atom is -0.493 e. The minimum atomic E-state index is -4.36. The number of sulfonamides is 1. The number of rotatable bonds is 10. The maximum absolute atomic E-state index is 14.6. The van der Waals surface area contributed by atoms with Gasteiger partial charge in [0, 0.05) is 17.3 Å². The number of carbonyl (C=O) groups excluding carboxylic acids is 1. The van der Waals surface area contributed by atoms with Crippen molar-refractivity contribution in [1.82, 2.24) is 24.5 Å². The molecule has 0 atom stereocenters. The maximum atomic E-state index is 14.6. The Balaban J connectivity index is 1.86. The minimum absolute atomic E-state index is 0.0109. The lowest BCUT2D eigenvalue weighted by Crippen LogP contribution is -2.32. The number of hydrogen-bond donors (Lipinski definition) is 2. The Bertz CT molecular complexity index is 1720. The van der Waals surface area contributed by atoms with Crippen LogP contribution in [0.25, 0.3) is 17.1 Å². The molecule has 0 saturated carbocycles. The molecule has 222 valence electrons. The van der Waals surface area contributed by atoms with E-state index in [1.165, 1.54) is 42.5 Å². The highest BCUT2D eigenvalue weighted by Crippen LogP contribution is 2.29. The highest BCUT2D eigenvalue weighted by atomic mass is 32.2. The van der Waals surface area contributed by atoms with Crippen LogP contribution >= 0.6 is 0 Å². The predicted octanol–water partition coefficient (Wildman–Crippen LogP) is 5.45. The third-order valence-corrected chi connectivity index (χ3v) is 7.49. The van der Waals surface area contributed by atoms with Gasteiger partial charge in [0.1, 0.15) is 17.4 Å². The van der Waals surface area contributed by atoms with Gasteiger partial charge in [0.05, 0.1) is 23.6 Å².